The van der Waals surface area contributed by atoms with Crippen LogP contribution in [0.25, 0.3) is 0 Å². The zero-order chi connectivity index (χ0) is 13.9. The second kappa shape index (κ2) is 5.85. The molecule has 1 aliphatic rings. The predicted octanol–water partition coefficient (Wildman–Crippen LogP) is 1.99. The van der Waals surface area contributed by atoms with Crippen molar-refractivity contribution in [3.05, 3.63) is 35.9 Å². The van der Waals surface area contributed by atoms with Crippen molar-refractivity contribution in [2.24, 2.45) is 17.4 Å². The molecule has 0 spiro atoms. The zero-order valence-corrected chi connectivity index (χ0v) is 11.6. The summed E-state index contributed by atoms with van der Waals surface area (Å²) < 4.78 is 0. The van der Waals surface area contributed by atoms with Crippen molar-refractivity contribution in [1.82, 2.24) is 0 Å². The van der Waals surface area contributed by atoms with Gasteiger partial charge in [0.05, 0.1) is 5.41 Å². The number of hydrogen-bond donors (Lipinski definition) is 2. The molecule has 3 heteroatoms. The lowest BCUT2D eigenvalue weighted by Gasteiger charge is -2.40. The lowest BCUT2D eigenvalue weighted by molar-refractivity contribution is -0.124. The van der Waals surface area contributed by atoms with Gasteiger partial charge in [0.1, 0.15) is 5.78 Å². The number of ketones is 1. The van der Waals surface area contributed by atoms with E-state index in [2.05, 4.69) is 12.1 Å². The summed E-state index contributed by atoms with van der Waals surface area (Å²) in [5.74, 6) is 0.736. The molecule has 1 atom stereocenters. The Hall–Kier alpha value is -1.19. The molecule has 0 saturated heterocycles. The summed E-state index contributed by atoms with van der Waals surface area (Å²) in [6.45, 7) is 2.25. The summed E-state index contributed by atoms with van der Waals surface area (Å²) in [4.78, 5) is 12.2. The minimum absolute atomic E-state index is 0.0701. The standard InChI is InChI=1S/C16H24N2O/c1-12(19)16(14-5-3-2-4-6-14)9-7-13(8-10-16)15(18)11-17/h2-6,13,15H,7-11,17-18H2,1H3. The van der Waals surface area contributed by atoms with E-state index in [1.165, 1.54) is 0 Å². The molecular formula is C16H24N2O. The van der Waals surface area contributed by atoms with Gasteiger partial charge in [-0.3, -0.25) is 4.79 Å². The van der Waals surface area contributed by atoms with Crippen LogP contribution in [-0.4, -0.2) is 18.4 Å². The maximum Gasteiger partial charge on any atom is 0.140 e. The van der Waals surface area contributed by atoms with E-state index in [1.807, 2.05) is 18.2 Å². The van der Waals surface area contributed by atoms with Crippen molar-refractivity contribution in [1.29, 1.82) is 0 Å². The summed E-state index contributed by atoms with van der Waals surface area (Å²) in [7, 11) is 0. The third-order valence-electron chi connectivity index (χ3n) is 4.76. The number of hydrogen-bond acceptors (Lipinski definition) is 3. The summed E-state index contributed by atoms with van der Waals surface area (Å²) in [5, 5.41) is 0. The molecule has 0 amide bonds. The minimum Gasteiger partial charge on any atom is -0.329 e. The van der Waals surface area contributed by atoms with Crippen LogP contribution in [0.5, 0.6) is 0 Å². The largest absolute Gasteiger partial charge is 0.329 e. The van der Waals surface area contributed by atoms with Crippen LogP contribution in [0.3, 0.4) is 0 Å². The molecule has 0 aliphatic heterocycles. The van der Waals surface area contributed by atoms with Gasteiger partial charge in [0.25, 0.3) is 0 Å². The van der Waals surface area contributed by atoms with E-state index in [0.717, 1.165) is 31.2 Å². The fraction of sp³-hybridized carbons (Fsp3) is 0.562. The molecule has 1 aromatic carbocycles. The van der Waals surface area contributed by atoms with Crippen LogP contribution in [-0.2, 0) is 10.2 Å². The Balaban J connectivity index is 2.19. The van der Waals surface area contributed by atoms with Gasteiger partial charge < -0.3 is 11.5 Å². The average molecular weight is 260 g/mol. The second-order valence-electron chi connectivity index (χ2n) is 5.74. The summed E-state index contributed by atoms with van der Waals surface area (Å²) >= 11 is 0. The maximum atomic E-state index is 12.2. The molecule has 0 bridgehead atoms. The molecule has 4 N–H and O–H groups in total. The van der Waals surface area contributed by atoms with Crippen LogP contribution in [0.4, 0.5) is 0 Å². The van der Waals surface area contributed by atoms with Gasteiger partial charge in [-0.25, -0.2) is 0 Å². The van der Waals surface area contributed by atoms with Crippen molar-refractivity contribution in [2.75, 3.05) is 6.54 Å². The summed E-state index contributed by atoms with van der Waals surface area (Å²) in [6, 6.07) is 10.2. The molecule has 1 unspecified atom stereocenters. The molecule has 1 aliphatic carbocycles. The molecular weight excluding hydrogens is 236 g/mol. The first kappa shape index (κ1) is 14.2. The van der Waals surface area contributed by atoms with Crippen molar-refractivity contribution >= 4 is 5.78 Å². The number of carbonyl (C=O) groups excluding carboxylic acids is 1. The van der Waals surface area contributed by atoms with Gasteiger partial charge in [0.15, 0.2) is 0 Å². The molecule has 0 aromatic heterocycles. The van der Waals surface area contributed by atoms with E-state index in [0.29, 0.717) is 12.5 Å². The van der Waals surface area contributed by atoms with E-state index in [4.69, 9.17) is 11.5 Å². The molecule has 19 heavy (non-hydrogen) atoms. The topological polar surface area (TPSA) is 69.1 Å². The highest BCUT2D eigenvalue weighted by atomic mass is 16.1. The number of nitrogens with two attached hydrogens (primary N) is 2. The monoisotopic (exact) mass is 260 g/mol. The lowest BCUT2D eigenvalue weighted by Crippen LogP contribution is -2.44. The molecule has 1 aromatic rings. The maximum absolute atomic E-state index is 12.2. The van der Waals surface area contributed by atoms with Gasteiger partial charge in [-0.15, -0.1) is 0 Å². The van der Waals surface area contributed by atoms with Crippen LogP contribution < -0.4 is 11.5 Å². The normalized spacial score (nSPS) is 28.9. The van der Waals surface area contributed by atoms with Gasteiger partial charge in [0.2, 0.25) is 0 Å². The molecule has 104 valence electrons. The lowest BCUT2D eigenvalue weighted by atomic mass is 9.63. The van der Waals surface area contributed by atoms with Crippen molar-refractivity contribution in [3.63, 3.8) is 0 Å². The molecule has 1 fully saturated rings. The number of rotatable bonds is 4. The molecule has 0 heterocycles. The van der Waals surface area contributed by atoms with E-state index < -0.39 is 0 Å². The Morgan fingerprint density at radius 3 is 2.37 bits per heavy atom. The Kier molecular flexibility index (Phi) is 4.38. The van der Waals surface area contributed by atoms with Gasteiger partial charge in [0, 0.05) is 12.6 Å². The van der Waals surface area contributed by atoms with E-state index in [1.54, 1.807) is 6.92 Å². The van der Waals surface area contributed by atoms with E-state index in [-0.39, 0.29) is 17.2 Å². The highest BCUT2D eigenvalue weighted by molar-refractivity contribution is 5.88. The van der Waals surface area contributed by atoms with Gasteiger partial charge in [-0.2, -0.15) is 0 Å². The molecule has 2 rings (SSSR count). The summed E-state index contributed by atoms with van der Waals surface area (Å²) in [6.07, 6.45) is 3.77. The number of benzene rings is 1. The van der Waals surface area contributed by atoms with Crippen molar-refractivity contribution in [2.45, 2.75) is 44.1 Å². The van der Waals surface area contributed by atoms with Gasteiger partial charge in [-0.1, -0.05) is 30.3 Å². The fourth-order valence-electron chi connectivity index (χ4n) is 3.35. The quantitative estimate of drug-likeness (QED) is 0.870. The minimum atomic E-state index is -0.300. The van der Waals surface area contributed by atoms with Crippen LogP contribution in [0.1, 0.15) is 38.2 Å². The highest BCUT2D eigenvalue weighted by Gasteiger charge is 2.41. The fourth-order valence-corrected chi connectivity index (χ4v) is 3.35. The molecule has 1 saturated carbocycles. The predicted molar refractivity (Wildman–Crippen MR) is 77.8 cm³/mol. The first-order valence-corrected chi connectivity index (χ1v) is 7.12. The van der Waals surface area contributed by atoms with Crippen LogP contribution in [0.15, 0.2) is 30.3 Å². The summed E-state index contributed by atoms with van der Waals surface area (Å²) in [5.41, 5.74) is 12.5. The van der Waals surface area contributed by atoms with Crippen LogP contribution in [0, 0.1) is 5.92 Å². The smallest absolute Gasteiger partial charge is 0.140 e. The second-order valence-corrected chi connectivity index (χ2v) is 5.74. The Labute approximate surface area is 115 Å². The Morgan fingerprint density at radius 2 is 1.89 bits per heavy atom. The average Bonchev–Trinajstić information content (AvgIpc) is 2.47. The van der Waals surface area contributed by atoms with Crippen LogP contribution >= 0.6 is 0 Å². The first-order chi connectivity index (χ1) is 9.10. The third-order valence-corrected chi connectivity index (χ3v) is 4.76. The third kappa shape index (κ3) is 2.72. The van der Waals surface area contributed by atoms with Gasteiger partial charge >= 0.3 is 0 Å². The van der Waals surface area contributed by atoms with E-state index in [9.17, 15) is 4.79 Å². The van der Waals surface area contributed by atoms with E-state index >= 15 is 0 Å². The number of Topliss-reactive ketones (excluding diaryl/α,β-unsaturated/α-hetero) is 1. The van der Waals surface area contributed by atoms with Crippen molar-refractivity contribution in [3.8, 4) is 0 Å². The van der Waals surface area contributed by atoms with Gasteiger partial charge in [-0.05, 0) is 44.1 Å². The highest BCUT2D eigenvalue weighted by Crippen LogP contribution is 2.42. The van der Waals surface area contributed by atoms with Crippen LogP contribution in [0.2, 0.25) is 0 Å². The number of carbonyl (C=O) groups is 1. The van der Waals surface area contributed by atoms with Crippen molar-refractivity contribution < 1.29 is 4.79 Å². The molecule has 0 radical (unpaired) electrons. The SMILES string of the molecule is CC(=O)C1(c2ccccc2)CCC(C(N)CN)CC1. The first-order valence-electron chi connectivity index (χ1n) is 7.12. The molecule has 3 nitrogen and oxygen atoms in total. The Bertz CT molecular complexity index is 422. The zero-order valence-electron chi connectivity index (χ0n) is 11.6. The Morgan fingerprint density at radius 1 is 1.32 bits per heavy atom.